The molecular formula is C6H13NO3. The van der Waals surface area contributed by atoms with Gasteiger partial charge in [0.2, 0.25) is 0 Å². The third-order valence-electron chi connectivity index (χ3n) is 0.986. The summed E-state index contributed by atoms with van der Waals surface area (Å²) in [4.78, 5) is 15.6. The Morgan fingerprint density at radius 1 is 1.60 bits per heavy atom. The number of aliphatic hydroxyl groups excluding tert-OH is 1. The number of carbonyl (C=O) groups is 1. The van der Waals surface area contributed by atoms with Gasteiger partial charge in [0.1, 0.15) is 6.61 Å². The van der Waals surface area contributed by atoms with Crippen LogP contribution in [0.2, 0.25) is 0 Å². The number of carbonyl (C=O) groups excluding carboxylic acids is 1. The van der Waals surface area contributed by atoms with Crippen molar-refractivity contribution in [3.05, 3.63) is 0 Å². The van der Waals surface area contributed by atoms with E-state index in [4.69, 9.17) is 9.94 Å². The maximum Gasteiger partial charge on any atom is 0.271 e. The molecule has 60 valence electrons. The topological polar surface area (TPSA) is 49.8 Å². The summed E-state index contributed by atoms with van der Waals surface area (Å²) in [5.41, 5.74) is 0. The van der Waals surface area contributed by atoms with Crippen molar-refractivity contribution in [2.45, 2.75) is 13.8 Å². The van der Waals surface area contributed by atoms with Crippen LogP contribution >= 0.6 is 0 Å². The van der Waals surface area contributed by atoms with E-state index in [1.807, 2.05) is 0 Å². The first-order chi connectivity index (χ1) is 4.76. The summed E-state index contributed by atoms with van der Waals surface area (Å²) in [6, 6.07) is 0. The Hall–Kier alpha value is -0.610. The Morgan fingerprint density at radius 2 is 2.20 bits per heavy atom. The number of rotatable bonds is 4. The SMILES string of the molecule is CCON(CC)C(=O)CO. The Bertz CT molecular complexity index is 105. The van der Waals surface area contributed by atoms with E-state index in [9.17, 15) is 4.79 Å². The molecule has 0 heterocycles. The van der Waals surface area contributed by atoms with E-state index in [0.717, 1.165) is 5.06 Å². The van der Waals surface area contributed by atoms with Crippen molar-refractivity contribution < 1.29 is 14.7 Å². The van der Waals surface area contributed by atoms with E-state index in [2.05, 4.69) is 0 Å². The van der Waals surface area contributed by atoms with Crippen LogP contribution in [0.3, 0.4) is 0 Å². The van der Waals surface area contributed by atoms with E-state index in [-0.39, 0.29) is 0 Å². The summed E-state index contributed by atoms with van der Waals surface area (Å²) in [6.45, 7) is 3.98. The van der Waals surface area contributed by atoms with E-state index in [1.165, 1.54) is 0 Å². The molecule has 0 aromatic heterocycles. The second-order valence-corrected chi connectivity index (χ2v) is 1.66. The molecule has 0 saturated carbocycles. The standard InChI is InChI=1S/C6H13NO3/c1-3-7(10-4-2)6(9)5-8/h8H,3-5H2,1-2H3. The molecule has 0 radical (unpaired) electrons. The highest BCUT2D eigenvalue weighted by molar-refractivity contribution is 5.75. The quantitative estimate of drug-likeness (QED) is 0.559. The third-order valence-corrected chi connectivity index (χ3v) is 0.986. The minimum absolute atomic E-state index is 0.399. The lowest BCUT2D eigenvalue weighted by atomic mass is 10.6. The monoisotopic (exact) mass is 147 g/mol. The maximum absolute atomic E-state index is 10.7. The lowest BCUT2D eigenvalue weighted by molar-refractivity contribution is -0.186. The minimum atomic E-state index is -0.492. The van der Waals surface area contributed by atoms with Gasteiger partial charge in [0, 0.05) is 6.54 Å². The summed E-state index contributed by atoms with van der Waals surface area (Å²) in [5, 5.41) is 9.53. The van der Waals surface area contributed by atoms with Crippen LogP contribution in [0.15, 0.2) is 0 Å². The number of likely N-dealkylation sites (N-methyl/N-ethyl adjacent to an activating group) is 1. The Labute approximate surface area is 60.3 Å². The number of hydrogen-bond acceptors (Lipinski definition) is 3. The van der Waals surface area contributed by atoms with Crippen molar-refractivity contribution in [1.82, 2.24) is 5.06 Å². The maximum atomic E-state index is 10.7. The lowest BCUT2D eigenvalue weighted by Gasteiger charge is -2.17. The summed E-state index contributed by atoms with van der Waals surface area (Å²) >= 11 is 0. The molecule has 1 amide bonds. The average Bonchev–Trinajstić information content (AvgIpc) is 1.99. The van der Waals surface area contributed by atoms with Crippen LogP contribution < -0.4 is 0 Å². The summed E-state index contributed by atoms with van der Waals surface area (Å²) < 4.78 is 0. The van der Waals surface area contributed by atoms with Gasteiger partial charge in [0.15, 0.2) is 0 Å². The molecule has 0 spiro atoms. The molecule has 0 aromatic carbocycles. The van der Waals surface area contributed by atoms with E-state index >= 15 is 0 Å². The van der Waals surface area contributed by atoms with Crippen molar-refractivity contribution in [3.8, 4) is 0 Å². The normalized spacial score (nSPS) is 9.50. The molecule has 0 aliphatic heterocycles. The van der Waals surface area contributed by atoms with Gasteiger partial charge in [-0.3, -0.25) is 9.63 Å². The Morgan fingerprint density at radius 3 is 2.50 bits per heavy atom. The Kier molecular flexibility index (Phi) is 4.88. The van der Waals surface area contributed by atoms with Crippen molar-refractivity contribution in [1.29, 1.82) is 0 Å². The summed E-state index contributed by atoms with van der Waals surface area (Å²) in [7, 11) is 0. The van der Waals surface area contributed by atoms with Crippen molar-refractivity contribution in [2.24, 2.45) is 0 Å². The van der Waals surface area contributed by atoms with Crippen molar-refractivity contribution >= 4 is 5.91 Å². The van der Waals surface area contributed by atoms with Gasteiger partial charge in [-0.15, -0.1) is 0 Å². The highest BCUT2D eigenvalue weighted by Gasteiger charge is 2.08. The molecule has 10 heavy (non-hydrogen) atoms. The van der Waals surface area contributed by atoms with Crippen LogP contribution in [0.1, 0.15) is 13.8 Å². The van der Waals surface area contributed by atoms with Crippen LogP contribution in [-0.4, -0.2) is 35.8 Å². The molecule has 0 aliphatic rings. The van der Waals surface area contributed by atoms with Gasteiger partial charge >= 0.3 is 0 Å². The van der Waals surface area contributed by atoms with Gasteiger partial charge in [-0.2, -0.15) is 0 Å². The smallest absolute Gasteiger partial charge is 0.271 e. The molecule has 4 heteroatoms. The predicted molar refractivity (Wildman–Crippen MR) is 36.1 cm³/mol. The van der Waals surface area contributed by atoms with Gasteiger partial charge in [-0.05, 0) is 13.8 Å². The van der Waals surface area contributed by atoms with Crippen LogP contribution in [0.5, 0.6) is 0 Å². The zero-order valence-electron chi connectivity index (χ0n) is 6.33. The van der Waals surface area contributed by atoms with Crippen LogP contribution in [-0.2, 0) is 9.63 Å². The van der Waals surface area contributed by atoms with Crippen LogP contribution in [0.4, 0.5) is 0 Å². The zero-order chi connectivity index (χ0) is 7.98. The first-order valence-corrected chi connectivity index (χ1v) is 3.30. The zero-order valence-corrected chi connectivity index (χ0v) is 6.33. The fraction of sp³-hybridized carbons (Fsp3) is 0.833. The number of amides is 1. The molecule has 0 aliphatic carbocycles. The van der Waals surface area contributed by atoms with Gasteiger partial charge in [0.05, 0.1) is 6.61 Å². The van der Waals surface area contributed by atoms with E-state index in [1.54, 1.807) is 13.8 Å². The molecule has 0 bridgehead atoms. The lowest BCUT2D eigenvalue weighted by Crippen LogP contribution is -2.33. The highest BCUT2D eigenvalue weighted by atomic mass is 16.7. The minimum Gasteiger partial charge on any atom is -0.386 e. The molecular weight excluding hydrogens is 134 g/mol. The first-order valence-electron chi connectivity index (χ1n) is 3.30. The van der Waals surface area contributed by atoms with Crippen molar-refractivity contribution in [3.63, 3.8) is 0 Å². The molecule has 0 fully saturated rings. The summed E-state index contributed by atoms with van der Waals surface area (Å²) in [6.07, 6.45) is 0. The largest absolute Gasteiger partial charge is 0.386 e. The molecule has 0 unspecified atom stereocenters. The second kappa shape index (κ2) is 5.20. The molecule has 0 rings (SSSR count). The fourth-order valence-corrected chi connectivity index (χ4v) is 0.574. The molecule has 0 saturated heterocycles. The Balaban J connectivity index is 3.68. The third kappa shape index (κ3) is 2.80. The first kappa shape index (κ1) is 9.39. The van der Waals surface area contributed by atoms with Crippen molar-refractivity contribution in [2.75, 3.05) is 19.8 Å². The van der Waals surface area contributed by atoms with Gasteiger partial charge in [-0.1, -0.05) is 0 Å². The number of hydrogen-bond donors (Lipinski definition) is 1. The number of aliphatic hydroxyl groups is 1. The van der Waals surface area contributed by atoms with Crippen LogP contribution in [0, 0.1) is 0 Å². The molecule has 0 atom stereocenters. The van der Waals surface area contributed by atoms with E-state index in [0.29, 0.717) is 13.2 Å². The molecule has 0 aromatic rings. The second-order valence-electron chi connectivity index (χ2n) is 1.66. The summed E-state index contributed by atoms with van der Waals surface area (Å²) in [5.74, 6) is -0.399. The highest BCUT2D eigenvalue weighted by Crippen LogP contribution is 1.89. The van der Waals surface area contributed by atoms with Crippen LogP contribution in [0.25, 0.3) is 0 Å². The average molecular weight is 147 g/mol. The predicted octanol–water partition coefficient (Wildman–Crippen LogP) is -0.221. The van der Waals surface area contributed by atoms with Gasteiger partial charge in [-0.25, -0.2) is 5.06 Å². The van der Waals surface area contributed by atoms with Gasteiger partial charge < -0.3 is 5.11 Å². The number of hydroxylamine groups is 2. The number of nitrogens with zero attached hydrogens (tertiary/aromatic N) is 1. The van der Waals surface area contributed by atoms with E-state index < -0.39 is 12.5 Å². The molecule has 1 N–H and O–H groups in total. The fourth-order valence-electron chi connectivity index (χ4n) is 0.574. The molecule has 4 nitrogen and oxygen atoms in total. The van der Waals surface area contributed by atoms with Gasteiger partial charge in [0.25, 0.3) is 5.91 Å².